The van der Waals surface area contributed by atoms with Crippen LogP contribution in [0.4, 0.5) is 0 Å². The Labute approximate surface area is 364 Å². The second kappa shape index (κ2) is 17.6. The lowest BCUT2D eigenvalue weighted by atomic mass is 9.70. The van der Waals surface area contributed by atoms with Crippen molar-refractivity contribution >= 4 is 28.5 Å². The summed E-state index contributed by atoms with van der Waals surface area (Å²) >= 11 is 0. The molecule has 6 nitrogen and oxygen atoms in total. The standard InChI is InChI=1S/C56H48N6/c1-5-17-44-36-46(26-24-38(44)6-2)54-59-50(40-19-11-9-12-20-40)57-52(61-54)42-28-32-48(33-29-42)56(7-3,8-4)49-34-30-43(31-35-49)53-58-51(41-21-13-10-14-22-41)60-55(62-53)47-27-25-39-18-15-16-23-45(39)37-47/h5-6,10-11,13-37H,2,7-9,12H2,1,3-4H3/b17-5-. The minimum Gasteiger partial charge on any atom is -0.208 e. The van der Waals surface area contributed by atoms with Crippen LogP contribution in [0.5, 0.6) is 0 Å². The molecule has 6 aromatic carbocycles. The Morgan fingerprint density at radius 3 is 1.55 bits per heavy atom. The van der Waals surface area contributed by atoms with Crippen molar-refractivity contribution in [3.05, 3.63) is 198 Å². The summed E-state index contributed by atoms with van der Waals surface area (Å²) in [5.74, 6) is 3.91. The largest absolute Gasteiger partial charge is 0.208 e. The quantitative estimate of drug-likeness (QED) is 0.122. The molecule has 1 aliphatic carbocycles. The second-order valence-electron chi connectivity index (χ2n) is 15.7. The number of rotatable bonds is 12. The average molecular weight is 805 g/mol. The summed E-state index contributed by atoms with van der Waals surface area (Å²) in [5.41, 5.74) is 10.1. The molecule has 0 radical (unpaired) electrons. The first kappa shape index (κ1) is 40.0. The van der Waals surface area contributed by atoms with Gasteiger partial charge in [0.1, 0.15) is 0 Å². The van der Waals surface area contributed by atoms with Gasteiger partial charge >= 0.3 is 0 Å². The van der Waals surface area contributed by atoms with E-state index in [9.17, 15) is 0 Å². The normalized spacial score (nSPS) is 12.8. The van der Waals surface area contributed by atoms with E-state index in [1.54, 1.807) is 0 Å². The van der Waals surface area contributed by atoms with Crippen LogP contribution < -0.4 is 0 Å². The zero-order chi connectivity index (χ0) is 42.5. The number of hydrogen-bond acceptors (Lipinski definition) is 6. The van der Waals surface area contributed by atoms with Crippen molar-refractivity contribution in [2.24, 2.45) is 0 Å². The van der Waals surface area contributed by atoms with Gasteiger partial charge in [-0.3, -0.25) is 0 Å². The Balaban J connectivity index is 1.06. The van der Waals surface area contributed by atoms with E-state index in [1.165, 1.54) is 16.5 Å². The van der Waals surface area contributed by atoms with Gasteiger partial charge in [-0.15, -0.1) is 0 Å². The third-order valence-electron chi connectivity index (χ3n) is 12.1. The molecule has 0 unspecified atom stereocenters. The highest BCUT2D eigenvalue weighted by molar-refractivity contribution is 5.86. The van der Waals surface area contributed by atoms with Crippen molar-refractivity contribution in [1.29, 1.82) is 0 Å². The monoisotopic (exact) mass is 804 g/mol. The van der Waals surface area contributed by atoms with E-state index in [-0.39, 0.29) is 5.41 Å². The Hall–Kier alpha value is -7.44. The zero-order valence-corrected chi connectivity index (χ0v) is 35.5. The molecule has 9 rings (SSSR count). The van der Waals surface area contributed by atoms with E-state index in [0.29, 0.717) is 34.9 Å². The van der Waals surface area contributed by atoms with Gasteiger partial charge in [-0.05, 0) is 77.8 Å². The highest BCUT2D eigenvalue weighted by atomic mass is 15.0. The lowest BCUT2D eigenvalue weighted by Gasteiger charge is -2.33. The third kappa shape index (κ3) is 7.95. The summed E-state index contributed by atoms with van der Waals surface area (Å²) in [6.45, 7) is 10.6. The van der Waals surface area contributed by atoms with Crippen LogP contribution in [0, 0.1) is 0 Å². The van der Waals surface area contributed by atoms with Crippen LogP contribution in [-0.2, 0) is 5.41 Å². The molecule has 0 amide bonds. The highest BCUT2D eigenvalue weighted by Gasteiger charge is 2.31. The maximum absolute atomic E-state index is 5.08. The lowest BCUT2D eigenvalue weighted by molar-refractivity contribution is 0.478. The SMILES string of the molecule is C=Cc1ccc(-c2nc(C3=CCCC=C3)nc(-c3ccc(C(CC)(CC)c4ccc(-c5nc(-c6ccccc6)nc(-c6ccc7ccccc7c6)n5)cc4)cc3)n2)cc1/C=C\C. The van der Waals surface area contributed by atoms with Crippen molar-refractivity contribution < 1.29 is 0 Å². The highest BCUT2D eigenvalue weighted by Crippen LogP contribution is 2.40. The maximum Gasteiger partial charge on any atom is 0.164 e. The first-order chi connectivity index (χ1) is 30.5. The summed E-state index contributed by atoms with van der Waals surface area (Å²) in [6.07, 6.45) is 16.4. The van der Waals surface area contributed by atoms with Crippen molar-refractivity contribution in [2.45, 2.75) is 51.9 Å². The molecule has 0 saturated heterocycles. The average Bonchev–Trinajstić information content (AvgIpc) is 3.35. The smallest absolute Gasteiger partial charge is 0.164 e. The molecule has 0 spiro atoms. The van der Waals surface area contributed by atoms with Gasteiger partial charge in [0.15, 0.2) is 34.9 Å². The molecule has 2 heterocycles. The molecule has 0 N–H and O–H groups in total. The summed E-state index contributed by atoms with van der Waals surface area (Å²) in [4.78, 5) is 30.2. The zero-order valence-electron chi connectivity index (χ0n) is 35.5. The number of nitrogens with zero attached hydrogens (tertiary/aromatic N) is 6. The fourth-order valence-corrected chi connectivity index (χ4v) is 8.55. The topological polar surface area (TPSA) is 77.3 Å². The molecule has 0 fully saturated rings. The van der Waals surface area contributed by atoms with Crippen LogP contribution in [0.3, 0.4) is 0 Å². The Kier molecular flexibility index (Phi) is 11.4. The van der Waals surface area contributed by atoms with Crippen molar-refractivity contribution in [1.82, 2.24) is 29.9 Å². The Bertz CT molecular complexity index is 2990. The van der Waals surface area contributed by atoms with Crippen molar-refractivity contribution in [3.63, 3.8) is 0 Å². The van der Waals surface area contributed by atoms with Gasteiger partial charge in [-0.2, -0.15) is 0 Å². The minimum absolute atomic E-state index is 0.217. The fraction of sp³-hybridized carbons (Fsp3) is 0.143. The second-order valence-corrected chi connectivity index (χ2v) is 15.7. The minimum atomic E-state index is -0.217. The molecular weight excluding hydrogens is 757 g/mol. The van der Waals surface area contributed by atoms with Crippen LogP contribution in [0.25, 0.3) is 85.4 Å². The number of allylic oxidation sites excluding steroid dienone is 5. The van der Waals surface area contributed by atoms with Gasteiger partial charge in [0, 0.05) is 38.8 Å². The number of benzene rings is 6. The summed E-state index contributed by atoms with van der Waals surface area (Å²) in [5, 5.41) is 2.32. The Morgan fingerprint density at radius 2 is 1.00 bits per heavy atom. The fourth-order valence-electron chi connectivity index (χ4n) is 8.55. The van der Waals surface area contributed by atoms with Gasteiger partial charge in [-0.25, -0.2) is 29.9 Å². The van der Waals surface area contributed by atoms with E-state index in [4.69, 9.17) is 29.9 Å². The molecule has 0 bridgehead atoms. The third-order valence-corrected chi connectivity index (χ3v) is 12.1. The van der Waals surface area contributed by atoms with Gasteiger partial charge < -0.3 is 0 Å². The molecule has 1 aliphatic rings. The first-order valence-corrected chi connectivity index (χ1v) is 21.5. The predicted octanol–water partition coefficient (Wildman–Crippen LogP) is 14.1. The van der Waals surface area contributed by atoms with Crippen LogP contribution in [-0.4, -0.2) is 29.9 Å². The van der Waals surface area contributed by atoms with E-state index in [1.807, 2.05) is 49.4 Å². The van der Waals surface area contributed by atoms with E-state index in [0.717, 1.165) is 75.6 Å². The molecule has 0 aliphatic heterocycles. The summed E-state index contributed by atoms with van der Waals surface area (Å²) < 4.78 is 0. The molecule has 8 aromatic rings. The van der Waals surface area contributed by atoms with Crippen LogP contribution in [0.15, 0.2) is 170 Å². The molecule has 0 atom stereocenters. The number of hydrogen-bond donors (Lipinski definition) is 0. The number of fused-ring (bicyclic) bond motifs is 1. The molecular formula is C56H48N6. The van der Waals surface area contributed by atoms with Gasteiger partial charge in [-0.1, -0.05) is 184 Å². The first-order valence-electron chi connectivity index (χ1n) is 21.5. The van der Waals surface area contributed by atoms with Crippen LogP contribution >= 0.6 is 0 Å². The maximum atomic E-state index is 5.08. The van der Waals surface area contributed by atoms with Crippen molar-refractivity contribution in [3.8, 4) is 56.9 Å². The van der Waals surface area contributed by atoms with Gasteiger partial charge in [0.2, 0.25) is 0 Å². The summed E-state index contributed by atoms with van der Waals surface area (Å²) in [6, 6.07) is 48.7. The van der Waals surface area contributed by atoms with E-state index < -0.39 is 0 Å². The van der Waals surface area contributed by atoms with E-state index in [2.05, 4.69) is 154 Å². The predicted molar refractivity (Wildman–Crippen MR) is 257 cm³/mol. The molecule has 2 aromatic heterocycles. The Morgan fingerprint density at radius 1 is 0.500 bits per heavy atom. The molecule has 302 valence electrons. The molecule has 6 heteroatoms. The van der Waals surface area contributed by atoms with Gasteiger partial charge in [0.25, 0.3) is 0 Å². The van der Waals surface area contributed by atoms with Crippen molar-refractivity contribution in [2.75, 3.05) is 0 Å². The number of aromatic nitrogens is 6. The molecule has 0 saturated carbocycles. The molecule has 62 heavy (non-hydrogen) atoms. The van der Waals surface area contributed by atoms with Gasteiger partial charge in [0.05, 0.1) is 0 Å². The van der Waals surface area contributed by atoms with Crippen LogP contribution in [0.1, 0.15) is 74.5 Å². The summed E-state index contributed by atoms with van der Waals surface area (Å²) in [7, 11) is 0. The lowest BCUT2D eigenvalue weighted by Crippen LogP contribution is -2.26. The van der Waals surface area contributed by atoms with E-state index >= 15 is 0 Å². The van der Waals surface area contributed by atoms with Crippen LogP contribution in [0.2, 0.25) is 0 Å².